The van der Waals surface area contributed by atoms with Gasteiger partial charge in [-0.2, -0.15) is 0 Å². The number of cyclic esters (lactones) is 2. The van der Waals surface area contributed by atoms with Crippen molar-refractivity contribution >= 4 is 23.9 Å². The molecule has 1 aliphatic heterocycles. The summed E-state index contributed by atoms with van der Waals surface area (Å²) < 4.78 is 3.95. The second-order valence-corrected chi connectivity index (χ2v) is 2.96. The summed E-state index contributed by atoms with van der Waals surface area (Å²) in [5.74, 6) is -4.33. The lowest BCUT2D eigenvalue weighted by molar-refractivity contribution is -0.154. The number of ether oxygens (including phenoxy) is 1. The maximum atomic E-state index is 10.1. The van der Waals surface area contributed by atoms with Gasteiger partial charge in [-0.3, -0.25) is 9.59 Å². The maximum absolute atomic E-state index is 10.1. The van der Waals surface area contributed by atoms with Gasteiger partial charge in [-0.05, 0) is 0 Å². The minimum atomic E-state index is -1.79. The van der Waals surface area contributed by atoms with Gasteiger partial charge in [-0.15, -0.1) is 0 Å². The Hall–Kier alpha value is -2.00. The normalized spacial score (nSPS) is 20.0. The SMILES string of the molecule is O=C(O)CC(O)C(=O)O.O=C1CC(O)C(=O)O1. The lowest BCUT2D eigenvalue weighted by Crippen LogP contribution is -2.22. The van der Waals surface area contributed by atoms with Crippen LogP contribution in [0.5, 0.6) is 0 Å². The Morgan fingerprint density at radius 1 is 1.35 bits per heavy atom. The van der Waals surface area contributed by atoms with Crippen LogP contribution in [0.2, 0.25) is 0 Å². The Morgan fingerprint density at radius 3 is 2.00 bits per heavy atom. The van der Waals surface area contributed by atoms with Crippen LogP contribution in [0.3, 0.4) is 0 Å². The van der Waals surface area contributed by atoms with Crippen LogP contribution in [0.15, 0.2) is 0 Å². The van der Waals surface area contributed by atoms with Crippen molar-refractivity contribution in [1.29, 1.82) is 0 Å². The molecule has 1 heterocycles. The van der Waals surface area contributed by atoms with E-state index < -0.39 is 42.5 Å². The van der Waals surface area contributed by atoms with E-state index >= 15 is 0 Å². The predicted octanol–water partition coefficient (Wildman–Crippen LogP) is -2.27. The number of esters is 2. The molecule has 1 aliphatic rings. The van der Waals surface area contributed by atoms with E-state index in [1.165, 1.54) is 0 Å². The average molecular weight is 250 g/mol. The number of aliphatic hydroxyl groups is 2. The number of aliphatic carboxylic acids is 2. The maximum Gasteiger partial charge on any atom is 0.343 e. The molecular weight excluding hydrogens is 240 g/mol. The summed E-state index contributed by atoms with van der Waals surface area (Å²) in [6.45, 7) is 0. The van der Waals surface area contributed by atoms with Crippen LogP contribution in [0.25, 0.3) is 0 Å². The van der Waals surface area contributed by atoms with E-state index in [4.69, 9.17) is 20.4 Å². The van der Waals surface area contributed by atoms with Crippen LogP contribution in [-0.2, 0) is 23.9 Å². The van der Waals surface area contributed by atoms with Crippen molar-refractivity contribution in [2.24, 2.45) is 0 Å². The van der Waals surface area contributed by atoms with Gasteiger partial charge in [0, 0.05) is 0 Å². The van der Waals surface area contributed by atoms with Crippen LogP contribution < -0.4 is 0 Å². The van der Waals surface area contributed by atoms with E-state index in [-0.39, 0.29) is 6.42 Å². The minimum Gasteiger partial charge on any atom is -0.481 e. The number of carbonyl (C=O) groups is 4. The Labute approximate surface area is 94.2 Å². The van der Waals surface area contributed by atoms with E-state index in [0.29, 0.717) is 0 Å². The molecule has 9 heteroatoms. The molecule has 0 saturated carbocycles. The van der Waals surface area contributed by atoms with Crippen LogP contribution in [0.1, 0.15) is 12.8 Å². The van der Waals surface area contributed by atoms with E-state index in [9.17, 15) is 19.2 Å². The molecule has 0 amide bonds. The molecule has 17 heavy (non-hydrogen) atoms. The van der Waals surface area contributed by atoms with Gasteiger partial charge in [-0.25, -0.2) is 9.59 Å². The summed E-state index contributed by atoms with van der Waals surface area (Å²) >= 11 is 0. The fraction of sp³-hybridized carbons (Fsp3) is 0.500. The molecular formula is C8H10O9. The topological polar surface area (TPSA) is 158 Å². The molecule has 0 aliphatic carbocycles. The Kier molecular flexibility index (Phi) is 5.78. The van der Waals surface area contributed by atoms with E-state index in [1.807, 2.05) is 0 Å². The van der Waals surface area contributed by atoms with Crippen molar-refractivity contribution in [1.82, 2.24) is 0 Å². The summed E-state index contributed by atoms with van der Waals surface area (Å²) in [5.41, 5.74) is 0. The third-order valence-electron chi connectivity index (χ3n) is 1.50. The van der Waals surface area contributed by atoms with E-state index in [2.05, 4.69) is 4.74 Å². The highest BCUT2D eigenvalue weighted by atomic mass is 16.6. The predicted molar refractivity (Wildman–Crippen MR) is 47.6 cm³/mol. The first kappa shape index (κ1) is 15.0. The fourth-order valence-corrected chi connectivity index (χ4v) is 0.716. The number of hydrogen-bond acceptors (Lipinski definition) is 7. The summed E-state index contributed by atoms with van der Waals surface area (Å²) in [7, 11) is 0. The van der Waals surface area contributed by atoms with Crippen molar-refractivity contribution in [3.05, 3.63) is 0 Å². The largest absolute Gasteiger partial charge is 0.481 e. The molecule has 0 radical (unpaired) electrons. The molecule has 0 aromatic heterocycles. The van der Waals surface area contributed by atoms with Gasteiger partial charge >= 0.3 is 23.9 Å². The van der Waals surface area contributed by atoms with Crippen molar-refractivity contribution in [3.63, 3.8) is 0 Å². The smallest absolute Gasteiger partial charge is 0.343 e. The standard InChI is InChI=1S/C4H6O5.C4H4O4/c5-2(4(8)9)1-3(6)7;5-2-1-3(6)8-4(2)7/h2,5H,1H2,(H,6,7)(H,8,9);2,5H,1H2. The molecule has 4 N–H and O–H groups in total. The van der Waals surface area contributed by atoms with Crippen LogP contribution in [0, 0.1) is 0 Å². The van der Waals surface area contributed by atoms with Crippen molar-refractivity contribution in [2.75, 3.05) is 0 Å². The number of carbonyl (C=O) groups excluding carboxylic acids is 2. The summed E-state index contributed by atoms with van der Waals surface area (Å²) in [4.78, 5) is 39.6. The third kappa shape index (κ3) is 6.22. The Morgan fingerprint density at radius 2 is 1.88 bits per heavy atom. The monoisotopic (exact) mass is 250 g/mol. The van der Waals surface area contributed by atoms with Crippen LogP contribution in [0.4, 0.5) is 0 Å². The fourth-order valence-electron chi connectivity index (χ4n) is 0.716. The number of rotatable bonds is 3. The number of carboxylic acids is 2. The number of carboxylic acid groups (broad SMARTS) is 2. The molecule has 1 fully saturated rings. The highest BCUT2D eigenvalue weighted by Crippen LogP contribution is 2.05. The van der Waals surface area contributed by atoms with Gasteiger partial charge in [0.25, 0.3) is 0 Å². The first-order valence-corrected chi connectivity index (χ1v) is 4.29. The Bertz CT molecular complexity index is 334. The molecule has 0 aromatic rings. The van der Waals surface area contributed by atoms with Gasteiger partial charge in [0.2, 0.25) is 0 Å². The van der Waals surface area contributed by atoms with Crippen molar-refractivity contribution in [3.8, 4) is 0 Å². The summed E-state index contributed by atoms with van der Waals surface area (Å²) in [6.07, 6.45) is -3.96. The van der Waals surface area contributed by atoms with Gasteiger partial charge in [0.1, 0.15) is 0 Å². The lowest BCUT2D eigenvalue weighted by atomic mass is 10.3. The molecule has 2 unspecified atom stereocenters. The highest BCUT2D eigenvalue weighted by Gasteiger charge is 2.30. The number of aliphatic hydroxyl groups excluding tert-OH is 2. The molecule has 0 spiro atoms. The molecule has 0 bridgehead atoms. The van der Waals surface area contributed by atoms with Crippen molar-refractivity contribution < 1.29 is 44.3 Å². The molecule has 0 aromatic carbocycles. The molecule has 1 saturated heterocycles. The molecule has 96 valence electrons. The second kappa shape index (κ2) is 6.55. The third-order valence-corrected chi connectivity index (χ3v) is 1.50. The summed E-state index contributed by atoms with van der Waals surface area (Å²) in [5, 5.41) is 32.6. The van der Waals surface area contributed by atoms with Gasteiger partial charge in [0.15, 0.2) is 12.2 Å². The molecule has 2 atom stereocenters. The number of hydrogen-bond donors (Lipinski definition) is 4. The lowest BCUT2D eigenvalue weighted by Gasteiger charge is -1.97. The first-order chi connectivity index (χ1) is 7.73. The van der Waals surface area contributed by atoms with E-state index in [0.717, 1.165) is 0 Å². The van der Waals surface area contributed by atoms with Crippen LogP contribution in [-0.4, -0.2) is 56.5 Å². The average Bonchev–Trinajstić information content (AvgIpc) is 2.43. The quantitative estimate of drug-likeness (QED) is 0.320. The second-order valence-electron chi connectivity index (χ2n) is 2.96. The van der Waals surface area contributed by atoms with Crippen LogP contribution >= 0.6 is 0 Å². The molecule has 9 nitrogen and oxygen atoms in total. The van der Waals surface area contributed by atoms with Gasteiger partial charge in [-0.1, -0.05) is 0 Å². The zero-order valence-corrected chi connectivity index (χ0v) is 8.40. The zero-order chi connectivity index (χ0) is 13.6. The van der Waals surface area contributed by atoms with Gasteiger partial charge in [0.05, 0.1) is 12.8 Å². The highest BCUT2D eigenvalue weighted by molar-refractivity contribution is 5.95. The Balaban J connectivity index is 0.000000302. The first-order valence-electron chi connectivity index (χ1n) is 4.29. The van der Waals surface area contributed by atoms with Gasteiger partial charge < -0.3 is 25.2 Å². The minimum absolute atomic E-state index is 0.196. The van der Waals surface area contributed by atoms with E-state index in [1.54, 1.807) is 0 Å². The van der Waals surface area contributed by atoms with Crippen molar-refractivity contribution in [2.45, 2.75) is 25.0 Å². The molecule has 1 rings (SSSR count). The summed E-state index contributed by atoms with van der Waals surface area (Å²) in [6, 6.07) is 0. The zero-order valence-electron chi connectivity index (χ0n) is 8.40.